The standard InChI is InChI=1S/C21H29N3O5/c1-5-29-20(27)24-13-11-21(12-14-24)16(17(28-4)19(26)23(21)3)18(25)22(2)15-9-7-6-8-10-15/h6-10,16-17H,5,11-14H2,1-4H3/t16-,17+/m0/s1. The molecule has 2 atom stereocenters. The van der Waals surface area contributed by atoms with Gasteiger partial charge in [-0.2, -0.15) is 0 Å². The molecule has 3 amide bonds. The molecule has 8 heteroatoms. The second kappa shape index (κ2) is 8.41. The van der Waals surface area contributed by atoms with Gasteiger partial charge in [-0.25, -0.2) is 4.79 Å². The number of benzene rings is 1. The molecule has 8 nitrogen and oxygen atoms in total. The van der Waals surface area contributed by atoms with Gasteiger partial charge in [0.05, 0.1) is 18.1 Å². The Morgan fingerprint density at radius 1 is 1.21 bits per heavy atom. The zero-order valence-corrected chi connectivity index (χ0v) is 17.5. The second-order valence-electron chi connectivity index (χ2n) is 7.55. The lowest BCUT2D eigenvalue weighted by molar-refractivity contribution is -0.138. The molecule has 3 rings (SSSR count). The van der Waals surface area contributed by atoms with Crippen molar-refractivity contribution < 1.29 is 23.9 Å². The Morgan fingerprint density at radius 3 is 2.38 bits per heavy atom. The number of amides is 3. The van der Waals surface area contributed by atoms with E-state index in [1.807, 2.05) is 30.3 Å². The number of rotatable bonds is 4. The first-order valence-electron chi connectivity index (χ1n) is 9.92. The molecule has 0 saturated carbocycles. The minimum Gasteiger partial charge on any atom is -0.450 e. The molecule has 29 heavy (non-hydrogen) atoms. The van der Waals surface area contributed by atoms with Crippen molar-refractivity contribution in [3.8, 4) is 0 Å². The fraction of sp³-hybridized carbons (Fsp3) is 0.571. The Bertz CT molecular complexity index is 761. The van der Waals surface area contributed by atoms with Crippen LogP contribution in [0.3, 0.4) is 0 Å². The zero-order valence-electron chi connectivity index (χ0n) is 17.5. The third kappa shape index (κ3) is 3.57. The Hall–Kier alpha value is -2.61. The van der Waals surface area contributed by atoms with Crippen LogP contribution >= 0.6 is 0 Å². The molecule has 2 heterocycles. The van der Waals surface area contributed by atoms with E-state index in [2.05, 4.69) is 0 Å². The van der Waals surface area contributed by atoms with Gasteiger partial charge in [0.15, 0.2) is 0 Å². The molecule has 0 unspecified atom stereocenters. The molecule has 2 saturated heterocycles. The van der Waals surface area contributed by atoms with E-state index in [1.165, 1.54) is 7.11 Å². The number of hydrogen-bond acceptors (Lipinski definition) is 5. The molecule has 1 aromatic carbocycles. The first-order chi connectivity index (χ1) is 13.9. The van der Waals surface area contributed by atoms with Gasteiger partial charge in [-0.15, -0.1) is 0 Å². The van der Waals surface area contributed by atoms with Gasteiger partial charge >= 0.3 is 6.09 Å². The van der Waals surface area contributed by atoms with E-state index >= 15 is 0 Å². The van der Waals surface area contributed by atoms with Crippen LogP contribution in [0.5, 0.6) is 0 Å². The summed E-state index contributed by atoms with van der Waals surface area (Å²) in [6.45, 7) is 2.93. The van der Waals surface area contributed by atoms with Gasteiger partial charge < -0.3 is 24.2 Å². The topological polar surface area (TPSA) is 79.4 Å². The summed E-state index contributed by atoms with van der Waals surface area (Å²) in [5.74, 6) is -1.01. The number of ether oxygens (including phenoxy) is 2. The first kappa shape index (κ1) is 21.1. The van der Waals surface area contributed by atoms with E-state index in [1.54, 1.807) is 35.7 Å². The van der Waals surface area contributed by atoms with Gasteiger partial charge in [0, 0.05) is 40.0 Å². The summed E-state index contributed by atoms with van der Waals surface area (Å²) >= 11 is 0. The summed E-state index contributed by atoms with van der Waals surface area (Å²) in [7, 11) is 4.91. The Balaban J connectivity index is 1.89. The van der Waals surface area contributed by atoms with E-state index in [0.717, 1.165) is 5.69 Å². The highest BCUT2D eigenvalue weighted by Gasteiger charge is 2.61. The zero-order chi connectivity index (χ0) is 21.2. The monoisotopic (exact) mass is 403 g/mol. The van der Waals surface area contributed by atoms with Crippen molar-refractivity contribution >= 4 is 23.6 Å². The molecule has 0 aromatic heterocycles. The van der Waals surface area contributed by atoms with Crippen LogP contribution in [0.2, 0.25) is 0 Å². The average molecular weight is 403 g/mol. The number of carbonyl (C=O) groups is 3. The number of para-hydroxylation sites is 1. The van der Waals surface area contributed by atoms with E-state index in [-0.39, 0.29) is 17.9 Å². The summed E-state index contributed by atoms with van der Waals surface area (Å²) in [6.07, 6.45) is -0.213. The SMILES string of the molecule is CCOC(=O)N1CCC2(CC1)[C@H](C(=O)N(C)c1ccccc1)[C@@H](OC)C(=O)N2C. The summed E-state index contributed by atoms with van der Waals surface area (Å²) in [5.41, 5.74) is 0.0643. The van der Waals surface area contributed by atoms with Gasteiger partial charge in [-0.3, -0.25) is 9.59 Å². The van der Waals surface area contributed by atoms with Gasteiger partial charge in [-0.1, -0.05) is 18.2 Å². The van der Waals surface area contributed by atoms with Crippen LogP contribution in [-0.4, -0.2) is 80.3 Å². The van der Waals surface area contributed by atoms with E-state index in [9.17, 15) is 14.4 Å². The predicted molar refractivity (Wildman–Crippen MR) is 107 cm³/mol. The number of hydrogen-bond donors (Lipinski definition) is 0. The lowest BCUT2D eigenvalue weighted by atomic mass is 9.75. The molecular weight excluding hydrogens is 374 g/mol. The molecule has 1 spiro atoms. The molecule has 158 valence electrons. The van der Waals surface area contributed by atoms with Crippen molar-refractivity contribution in [1.29, 1.82) is 0 Å². The smallest absolute Gasteiger partial charge is 0.409 e. The van der Waals surface area contributed by atoms with Gasteiger partial charge in [0.2, 0.25) is 5.91 Å². The Kier molecular flexibility index (Phi) is 6.12. The third-order valence-corrected chi connectivity index (χ3v) is 6.27. The normalized spacial score (nSPS) is 23.4. The van der Waals surface area contributed by atoms with Crippen molar-refractivity contribution in [1.82, 2.24) is 9.80 Å². The van der Waals surface area contributed by atoms with Crippen molar-refractivity contribution in [3.05, 3.63) is 30.3 Å². The number of carbonyl (C=O) groups excluding carboxylic acids is 3. The minimum atomic E-state index is -0.840. The highest BCUT2D eigenvalue weighted by atomic mass is 16.6. The number of methoxy groups -OCH3 is 1. The van der Waals surface area contributed by atoms with Crippen LogP contribution in [-0.2, 0) is 19.1 Å². The lowest BCUT2D eigenvalue weighted by Gasteiger charge is -2.46. The molecule has 0 bridgehead atoms. The largest absolute Gasteiger partial charge is 0.450 e. The number of likely N-dealkylation sites (tertiary alicyclic amines) is 2. The third-order valence-electron chi connectivity index (χ3n) is 6.27. The summed E-state index contributed by atoms with van der Waals surface area (Å²) in [6, 6.07) is 9.34. The van der Waals surface area contributed by atoms with Crippen molar-refractivity contribution in [2.75, 3.05) is 45.8 Å². The van der Waals surface area contributed by atoms with Gasteiger partial charge in [0.25, 0.3) is 5.91 Å². The molecule has 0 radical (unpaired) electrons. The maximum atomic E-state index is 13.6. The summed E-state index contributed by atoms with van der Waals surface area (Å²) < 4.78 is 10.6. The number of likely N-dealkylation sites (N-methyl/N-ethyl adjacent to an activating group) is 1. The Morgan fingerprint density at radius 2 is 1.83 bits per heavy atom. The van der Waals surface area contributed by atoms with Crippen LogP contribution in [0.1, 0.15) is 19.8 Å². The van der Waals surface area contributed by atoms with Crippen LogP contribution in [0.15, 0.2) is 30.3 Å². The molecule has 2 fully saturated rings. The maximum absolute atomic E-state index is 13.6. The summed E-state index contributed by atoms with van der Waals surface area (Å²) in [4.78, 5) is 43.5. The van der Waals surface area contributed by atoms with Crippen molar-refractivity contribution in [2.45, 2.75) is 31.4 Å². The average Bonchev–Trinajstić information content (AvgIpc) is 2.95. The predicted octanol–water partition coefficient (Wildman–Crippen LogP) is 1.74. The summed E-state index contributed by atoms with van der Waals surface area (Å²) in [5, 5.41) is 0. The quantitative estimate of drug-likeness (QED) is 0.765. The molecule has 1 aromatic rings. The van der Waals surface area contributed by atoms with Crippen LogP contribution < -0.4 is 4.90 Å². The minimum absolute atomic E-state index is 0.162. The fourth-order valence-corrected chi connectivity index (χ4v) is 4.56. The van der Waals surface area contributed by atoms with E-state index in [0.29, 0.717) is 32.5 Å². The second-order valence-corrected chi connectivity index (χ2v) is 7.55. The first-order valence-corrected chi connectivity index (χ1v) is 9.92. The number of nitrogens with zero attached hydrogens (tertiary/aromatic N) is 3. The van der Waals surface area contributed by atoms with Gasteiger partial charge in [0.1, 0.15) is 6.10 Å². The maximum Gasteiger partial charge on any atom is 0.409 e. The molecule has 2 aliphatic heterocycles. The molecule has 0 aliphatic carbocycles. The van der Waals surface area contributed by atoms with Crippen LogP contribution in [0, 0.1) is 5.92 Å². The molecular formula is C21H29N3O5. The highest BCUT2D eigenvalue weighted by molar-refractivity contribution is 6.02. The van der Waals surface area contributed by atoms with Crippen LogP contribution in [0.25, 0.3) is 0 Å². The van der Waals surface area contributed by atoms with Gasteiger partial charge in [-0.05, 0) is 31.9 Å². The van der Waals surface area contributed by atoms with E-state index < -0.39 is 17.6 Å². The molecule has 2 aliphatic rings. The Labute approximate surface area is 171 Å². The van der Waals surface area contributed by atoms with E-state index in [4.69, 9.17) is 9.47 Å². The molecule has 0 N–H and O–H groups in total. The van der Waals surface area contributed by atoms with Crippen molar-refractivity contribution in [3.63, 3.8) is 0 Å². The number of anilines is 1. The number of piperidine rings is 1. The fourth-order valence-electron chi connectivity index (χ4n) is 4.56. The van der Waals surface area contributed by atoms with Crippen molar-refractivity contribution in [2.24, 2.45) is 5.92 Å². The lowest BCUT2D eigenvalue weighted by Crippen LogP contribution is -2.59. The highest BCUT2D eigenvalue weighted by Crippen LogP contribution is 2.45. The van der Waals surface area contributed by atoms with Crippen LogP contribution in [0.4, 0.5) is 10.5 Å².